The van der Waals surface area contributed by atoms with Gasteiger partial charge in [0.25, 0.3) is 5.56 Å². The van der Waals surface area contributed by atoms with Gasteiger partial charge in [0.2, 0.25) is 0 Å². The molecule has 1 saturated carbocycles. The zero-order valence-electron chi connectivity index (χ0n) is 14.9. The number of benzene rings is 1. The summed E-state index contributed by atoms with van der Waals surface area (Å²) in [5.74, 6) is 2.03. The van der Waals surface area contributed by atoms with Crippen LogP contribution in [0.3, 0.4) is 0 Å². The Balaban J connectivity index is 1.36. The van der Waals surface area contributed by atoms with Gasteiger partial charge in [-0.1, -0.05) is 0 Å². The number of rotatable bonds is 6. The first-order valence-corrected chi connectivity index (χ1v) is 9.92. The molecule has 1 aromatic carbocycles. The highest BCUT2D eigenvalue weighted by Crippen LogP contribution is 2.39. The van der Waals surface area contributed by atoms with E-state index in [1.807, 2.05) is 18.2 Å². The number of halogens is 1. The Morgan fingerprint density at radius 3 is 2.89 bits per heavy atom. The number of nitrogens with zero attached hydrogens (tertiary/aromatic N) is 3. The Kier molecular flexibility index (Phi) is 4.20. The van der Waals surface area contributed by atoms with Crippen LogP contribution >= 0.6 is 11.3 Å². The minimum absolute atomic E-state index is 0.192. The number of fused-ring (bicyclic) bond motifs is 1. The number of ether oxygens (including phenoxy) is 1. The maximum Gasteiger partial charge on any atom is 0.258 e. The number of pyridine rings is 1. The lowest BCUT2D eigenvalue weighted by Crippen LogP contribution is -2.16. The number of thiazole rings is 1. The molecule has 1 aliphatic rings. The fourth-order valence-electron chi connectivity index (χ4n) is 3.10. The second-order valence-electron chi connectivity index (χ2n) is 6.82. The molecule has 0 bridgehead atoms. The smallest absolute Gasteiger partial charge is 0.258 e. The van der Waals surface area contributed by atoms with E-state index >= 15 is 0 Å². The second-order valence-corrected chi connectivity index (χ2v) is 7.77. The molecule has 3 aromatic heterocycles. The van der Waals surface area contributed by atoms with Crippen molar-refractivity contribution >= 4 is 22.4 Å². The Bertz CT molecular complexity index is 1210. The standard InChI is InChI=1S/C20H17FN4O2S/c21-9-13-11-28-18(22-13)10-27-15-5-6-25(19(26)8-15)14-3-4-16-17(7-14)24-20(23-16)12-1-2-12/h3-8,11-12H,1-2,9-10H2,(H,23,24). The minimum Gasteiger partial charge on any atom is -0.486 e. The van der Waals surface area contributed by atoms with Gasteiger partial charge in [-0.15, -0.1) is 11.3 Å². The molecule has 0 spiro atoms. The van der Waals surface area contributed by atoms with E-state index in [1.54, 1.807) is 22.2 Å². The predicted octanol–water partition coefficient (Wildman–Crippen LogP) is 4.10. The van der Waals surface area contributed by atoms with E-state index < -0.39 is 6.67 Å². The molecule has 0 radical (unpaired) electrons. The van der Waals surface area contributed by atoms with E-state index in [1.165, 1.54) is 30.2 Å². The van der Waals surface area contributed by atoms with Crippen LogP contribution in [0.4, 0.5) is 4.39 Å². The molecule has 0 aliphatic heterocycles. The van der Waals surface area contributed by atoms with Gasteiger partial charge in [0.05, 0.1) is 22.4 Å². The molecule has 8 heteroatoms. The maximum absolute atomic E-state index is 12.6. The van der Waals surface area contributed by atoms with Crippen molar-refractivity contribution in [2.75, 3.05) is 0 Å². The highest BCUT2D eigenvalue weighted by atomic mass is 32.1. The summed E-state index contributed by atoms with van der Waals surface area (Å²) in [6, 6.07) is 8.92. The van der Waals surface area contributed by atoms with Crippen molar-refractivity contribution in [2.24, 2.45) is 0 Å². The molecule has 1 N–H and O–H groups in total. The van der Waals surface area contributed by atoms with Gasteiger partial charge in [-0.3, -0.25) is 9.36 Å². The first-order valence-electron chi connectivity index (χ1n) is 9.04. The minimum atomic E-state index is -0.588. The van der Waals surface area contributed by atoms with Crippen molar-refractivity contribution < 1.29 is 9.13 Å². The summed E-state index contributed by atoms with van der Waals surface area (Å²) in [4.78, 5) is 24.6. The van der Waals surface area contributed by atoms with Crippen LogP contribution in [0.1, 0.15) is 35.3 Å². The number of hydrogen-bond acceptors (Lipinski definition) is 5. The molecule has 4 aromatic rings. The van der Waals surface area contributed by atoms with E-state index in [0.717, 1.165) is 22.5 Å². The molecule has 0 amide bonds. The molecule has 0 saturated heterocycles. The van der Waals surface area contributed by atoms with Crippen LogP contribution in [0.5, 0.6) is 5.75 Å². The average Bonchev–Trinajstić information content (AvgIpc) is 3.30. The molecule has 1 fully saturated rings. The fourth-order valence-corrected chi connectivity index (χ4v) is 3.79. The van der Waals surface area contributed by atoms with Gasteiger partial charge in [-0.2, -0.15) is 0 Å². The molecule has 28 heavy (non-hydrogen) atoms. The van der Waals surface area contributed by atoms with Gasteiger partial charge < -0.3 is 9.72 Å². The number of aromatic amines is 1. The summed E-state index contributed by atoms with van der Waals surface area (Å²) in [5.41, 5.74) is 2.82. The summed E-state index contributed by atoms with van der Waals surface area (Å²) in [6.07, 6.45) is 4.05. The van der Waals surface area contributed by atoms with Crippen LogP contribution in [0.25, 0.3) is 16.7 Å². The lowest BCUT2D eigenvalue weighted by Gasteiger charge is -2.08. The molecule has 5 rings (SSSR count). The molecule has 1 aliphatic carbocycles. The van der Waals surface area contributed by atoms with Gasteiger partial charge in [0.15, 0.2) is 0 Å². The van der Waals surface area contributed by atoms with Crippen molar-refractivity contribution in [3.05, 3.63) is 68.8 Å². The number of H-pyrrole nitrogens is 1. The van der Waals surface area contributed by atoms with Gasteiger partial charge >= 0.3 is 0 Å². The molecule has 0 atom stereocenters. The number of aromatic nitrogens is 4. The zero-order valence-corrected chi connectivity index (χ0v) is 15.7. The highest BCUT2D eigenvalue weighted by Gasteiger charge is 2.26. The lowest BCUT2D eigenvalue weighted by atomic mass is 10.2. The largest absolute Gasteiger partial charge is 0.486 e. The van der Waals surface area contributed by atoms with E-state index in [-0.39, 0.29) is 12.2 Å². The fraction of sp³-hybridized carbons (Fsp3) is 0.250. The monoisotopic (exact) mass is 396 g/mol. The third kappa shape index (κ3) is 3.31. The van der Waals surface area contributed by atoms with Crippen LogP contribution in [0, 0.1) is 0 Å². The summed E-state index contributed by atoms with van der Waals surface area (Å²) in [7, 11) is 0. The summed E-state index contributed by atoms with van der Waals surface area (Å²) < 4.78 is 19.7. The van der Waals surface area contributed by atoms with Crippen molar-refractivity contribution in [3.8, 4) is 11.4 Å². The van der Waals surface area contributed by atoms with Crippen molar-refractivity contribution in [1.82, 2.24) is 19.5 Å². The SMILES string of the molecule is O=c1cc(OCc2nc(CF)cs2)ccn1-c1ccc2nc(C3CC3)[nH]c2c1. The van der Waals surface area contributed by atoms with Crippen LogP contribution < -0.4 is 10.3 Å². The molecule has 3 heterocycles. The third-order valence-corrected chi connectivity index (χ3v) is 5.59. The Labute approximate surface area is 163 Å². The van der Waals surface area contributed by atoms with Crippen molar-refractivity contribution in [1.29, 1.82) is 0 Å². The number of hydrogen-bond donors (Lipinski definition) is 1. The number of nitrogens with one attached hydrogen (secondary N) is 1. The number of alkyl halides is 1. The van der Waals surface area contributed by atoms with E-state index in [9.17, 15) is 9.18 Å². The van der Waals surface area contributed by atoms with Gasteiger partial charge in [0.1, 0.15) is 29.9 Å². The first kappa shape index (κ1) is 17.1. The number of imidazole rings is 1. The molecular weight excluding hydrogens is 379 g/mol. The molecule has 0 unspecified atom stereocenters. The molecular formula is C20H17FN4O2S. The van der Waals surface area contributed by atoms with E-state index in [2.05, 4.69) is 15.0 Å². The van der Waals surface area contributed by atoms with Crippen molar-refractivity contribution in [2.45, 2.75) is 32.0 Å². The molecule has 142 valence electrons. The average molecular weight is 396 g/mol. The zero-order chi connectivity index (χ0) is 19.1. The molecule has 6 nitrogen and oxygen atoms in total. The lowest BCUT2D eigenvalue weighted by molar-refractivity contribution is 0.304. The Morgan fingerprint density at radius 2 is 2.14 bits per heavy atom. The van der Waals surface area contributed by atoms with Gasteiger partial charge in [-0.25, -0.2) is 14.4 Å². The Hall–Kier alpha value is -3.00. The van der Waals surface area contributed by atoms with E-state index in [0.29, 0.717) is 22.4 Å². The van der Waals surface area contributed by atoms with E-state index in [4.69, 9.17) is 4.74 Å². The van der Waals surface area contributed by atoms with Crippen LogP contribution in [-0.4, -0.2) is 19.5 Å². The summed E-state index contributed by atoms with van der Waals surface area (Å²) in [6.45, 7) is -0.381. The van der Waals surface area contributed by atoms with Gasteiger partial charge in [-0.05, 0) is 37.1 Å². The van der Waals surface area contributed by atoms with Gasteiger partial charge in [0, 0.05) is 23.6 Å². The van der Waals surface area contributed by atoms with Crippen molar-refractivity contribution in [3.63, 3.8) is 0 Å². The van der Waals surface area contributed by atoms with Crippen LogP contribution in [-0.2, 0) is 13.3 Å². The van der Waals surface area contributed by atoms with Crippen LogP contribution in [0.15, 0.2) is 46.7 Å². The summed E-state index contributed by atoms with van der Waals surface area (Å²) >= 11 is 1.34. The Morgan fingerprint density at radius 1 is 1.25 bits per heavy atom. The third-order valence-electron chi connectivity index (χ3n) is 4.72. The second kappa shape index (κ2) is 6.87. The quantitative estimate of drug-likeness (QED) is 0.533. The normalized spacial score (nSPS) is 13.9. The predicted molar refractivity (Wildman–Crippen MR) is 105 cm³/mol. The first-order chi connectivity index (χ1) is 13.7. The topological polar surface area (TPSA) is 72.8 Å². The highest BCUT2D eigenvalue weighted by molar-refractivity contribution is 7.09. The maximum atomic E-state index is 12.6. The summed E-state index contributed by atoms with van der Waals surface area (Å²) in [5, 5.41) is 2.34. The van der Waals surface area contributed by atoms with Crippen LogP contribution in [0.2, 0.25) is 0 Å².